The van der Waals surface area contributed by atoms with Crippen molar-refractivity contribution in [2.24, 2.45) is 49.4 Å². The number of carbonyl (C=O) groups is 1. The Morgan fingerprint density at radius 2 is 1.38 bits per heavy atom. The van der Waals surface area contributed by atoms with Gasteiger partial charge in [-0.25, -0.2) is 9.97 Å². The predicted octanol–water partition coefficient (Wildman–Crippen LogP) is -2.65. The van der Waals surface area contributed by atoms with Crippen molar-refractivity contribution < 1.29 is 4.79 Å². The van der Waals surface area contributed by atoms with Gasteiger partial charge in [-0.15, -0.1) is 0 Å². The van der Waals surface area contributed by atoms with E-state index in [0.717, 1.165) is 0 Å². The largest absolute Gasteiger partial charge is 0.370 e. The van der Waals surface area contributed by atoms with Crippen LogP contribution < -0.4 is 34.4 Å². The van der Waals surface area contributed by atoms with Crippen molar-refractivity contribution in [2.75, 3.05) is 0 Å². The molecule has 0 aromatic carbocycles. The Hall–Kier alpha value is -3.15. The van der Waals surface area contributed by atoms with Gasteiger partial charge in [0.25, 0.3) is 0 Å². The van der Waals surface area contributed by atoms with Crippen LogP contribution >= 0.6 is 11.6 Å². The molecule has 1 heterocycles. The standard InChI is InChI=1S/C8H12ClN11O/c9-2-4(19-7(12)13)17-3(18-6(10)11)1(16-2)5(21)20-8(14)15/h(H4,14,15,20,21)(H8,10,11,12,13,17,18,19). The van der Waals surface area contributed by atoms with Gasteiger partial charge in [-0.2, -0.15) is 15.0 Å². The maximum atomic E-state index is 11.8. The average Bonchev–Trinajstić information content (AvgIpc) is 2.30. The van der Waals surface area contributed by atoms with Crippen molar-refractivity contribution in [2.45, 2.75) is 0 Å². The molecule has 0 unspecified atom stereocenters. The Balaban J connectivity index is 3.54. The summed E-state index contributed by atoms with van der Waals surface area (Å²) in [6, 6.07) is 0. The van der Waals surface area contributed by atoms with Crippen LogP contribution in [-0.4, -0.2) is 33.8 Å². The number of rotatable bonds is 3. The summed E-state index contributed by atoms with van der Waals surface area (Å²) in [4.78, 5) is 29.9. The molecule has 0 saturated heterocycles. The van der Waals surface area contributed by atoms with Gasteiger partial charge in [0, 0.05) is 0 Å². The maximum Gasteiger partial charge on any atom is 0.302 e. The van der Waals surface area contributed by atoms with Crippen molar-refractivity contribution in [1.82, 2.24) is 9.97 Å². The summed E-state index contributed by atoms with van der Waals surface area (Å²) in [6.45, 7) is 0. The third-order valence-electron chi connectivity index (χ3n) is 1.72. The molecule has 0 saturated carbocycles. The Labute approximate surface area is 123 Å². The van der Waals surface area contributed by atoms with Gasteiger partial charge < -0.3 is 34.4 Å². The van der Waals surface area contributed by atoms with Crippen molar-refractivity contribution in [3.05, 3.63) is 10.8 Å². The zero-order valence-corrected chi connectivity index (χ0v) is 11.2. The number of amides is 1. The molecule has 0 fully saturated rings. The number of nitrogens with zero attached hydrogens (tertiary/aromatic N) is 5. The number of hydrogen-bond acceptors (Lipinski definition) is 5. The van der Waals surface area contributed by atoms with E-state index in [1.165, 1.54) is 0 Å². The SMILES string of the molecule is NC(N)=NC(=O)c1nc(Cl)c(N=C(N)N)nc1N=C(N)N. The van der Waals surface area contributed by atoms with Crippen molar-refractivity contribution in [1.29, 1.82) is 0 Å². The van der Waals surface area contributed by atoms with Gasteiger partial charge in [0.2, 0.25) is 0 Å². The molecule has 0 aliphatic carbocycles. The molecule has 12 N–H and O–H groups in total. The second kappa shape index (κ2) is 6.33. The Bertz CT molecular complexity index is 652. The van der Waals surface area contributed by atoms with Crippen molar-refractivity contribution in [3.8, 4) is 0 Å². The fourth-order valence-corrected chi connectivity index (χ4v) is 1.27. The second-order valence-corrected chi connectivity index (χ2v) is 3.78. The second-order valence-electron chi connectivity index (χ2n) is 3.43. The molecule has 1 aromatic heterocycles. The molecule has 0 aliphatic heterocycles. The van der Waals surface area contributed by atoms with Gasteiger partial charge >= 0.3 is 5.91 Å². The van der Waals surface area contributed by atoms with Gasteiger partial charge in [-0.05, 0) is 0 Å². The van der Waals surface area contributed by atoms with Crippen LogP contribution in [0.1, 0.15) is 10.5 Å². The molecule has 0 atom stereocenters. The number of hydrogen-bond donors (Lipinski definition) is 6. The Morgan fingerprint density at radius 3 is 1.86 bits per heavy atom. The van der Waals surface area contributed by atoms with Crippen LogP contribution in [0.25, 0.3) is 0 Å². The minimum atomic E-state index is -0.944. The summed E-state index contributed by atoms with van der Waals surface area (Å²) in [5, 5.41) is -0.271. The lowest BCUT2D eigenvalue weighted by atomic mass is 10.4. The summed E-state index contributed by atoms with van der Waals surface area (Å²) < 4.78 is 0. The van der Waals surface area contributed by atoms with Gasteiger partial charge in [0.15, 0.2) is 40.4 Å². The quantitative estimate of drug-likeness (QED) is 0.252. The fraction of sp³-hybridized carbons (Fsp3) is 0. The van der Waals surface area contributed by atoms with Gasteiger partial charge in [0.1, 0.15) is 0 Å². The molecule has 21 heavy (non-hydrogen) atoms. The summed E-state index contributed by atoms with van der Waals surface area (Å²) in [6.07, 6.45) is 0. The number of carbonyl (C=O) groups excluding carboxylic acids is 1. The number of aromatic nitrogens is 2. The van der Waals surface area contributed by atoms with Crippen LogP contribution in [0.5, 0.6) is 0 Å². The lowest BCUT2D eigenvalue weighted by Gasteiger charge is -2.04. The summed E-state index contributed by atoms with van der Waals surface area (Å²) >= 11 is 5.80. The lowest BCUT2D eigenvalue weighted by Crippen LogP contribution is -2.25. The van der Waals surface area contributed by atoms with Crippen LogP contribution in [0.2, 0.25) is 5.15 Å². The highest BCUT2D eigenvalue weighted by Crippen LogP contribution is 2.26. The molecule has 12 nitrogen and oxygen atoms in total. The summed E-state index contributed by atoms with van der Waals surface area (Å²) in [5.41, 5.74) is 30.7. The van der Waals surface area contributed by atoms with Crippen LogP contribution in [0, 0.1) is 0 Å². The van der Waals surface area contributed by atoms with Crippen LogP contribution in [0.15, 0.2) is 15.0 Å². The van der Waals surface area contributed by atoms with E-state index < -0.39 is 11.9 Å². The molecule has 0 aliphatic rings. The highest BCUT2D eigenvalue weighted by molar-refractivity contribution is 6.31. The highest BCUT2D eigenvalue weighted by Gasteiger charge is 2.19. The monoisotopic (exact) mass is 313 g/mol. The van der Waals surface area contributed by atoms with Crippen molar-refractivity contribution in [3.63, 3.8) is 0 Å². The van der Waals surface area contributed by atoms with E-state index in [4.69, 9.17) is 46.0 Å². The Morgan fingerprint density at radius 1 is 0.857 bits per heavy atom. The van der Waals surface area contributed by atoms with E-state index >= 15 is 0 Å². The van der Waals surface area contributed by atoms with E-state index in [9.17, 15) is 4.79 Å². The lowest BCUT2D eigenvalue weighted by molar-refractivity contribution is 0.0998. The minimum Gasteiger partial charge on any atom is -0.370 e. The van der Waals surface area contributed by atoms with Gasteiger partial charge in [-0.3, -0.25) is 4.79 Å². The van der Waals surface area contributed by atoms with E-state index in [1.54, 1.807) is 0 Å². The third kappa shape index (κ3) is 4.46. The zero-order chi connectivity index (χ0) is 16.2. The number of halogens is 1. The maximum absolute atomic E-state index is 11.8. The summed E-state index contributed by atoms with van der Waals surface area (Å²) in [5.74, 6) is -2.62. The molecule has 112 valence electrons. The van der Waals surface area contributed by atoms with E-state index in [-0.39, 0.29) is 34.4 Å². The third-order valence-corrected chi connectivity index (χ3v) is 1.97. The smallest absolute Gasteiger partial charge is 0.302 e. The van der Waals surface area contributed by atoms with Gasteiger partial charge in [0.05, 0.1) is 0 Å². The first-order valence-electron chi connectivity index (χ1n) is 5.11. The van der Waals surface area contributed by atoms with E-state index in [1.807, 2.05) is 0 Å². The first-order chi connectivity index (χ1) is 9.70. The normalized spacial score (nSPS) is 9.57. The molecular formula is C8H12ClN11O. The number of guanidine groups is 3. The Kier molecular flexibility index (Phi) is 4.80. The molecule has 0 radical (unpaired) electrons. The first kappa shape index (κ1) is 15.9. The van der Waals surface area contributed by atoms with Crippen LogP contribution in [0.4, 0.5) is 11.6 Å². The molecule has 13 heteroatoms. The molecule has 1 amide bonds. The zero-order valence-electron chi connectivity index (χ0n) is 10.5. The molecular weight excluding hydrogens is 302 g/mol. The number of nitrogens with two attached hydrogens (primary N) is 6. The fourth-order valence-electron chi connectivity index (χ4n) is 1.10. The molecule has 0 spiro atoms. The van der Waals surface area contributed by atoms with Crippen LogP contribution in [0.3, 0.4) is 0 Å². The number of aliphatic imine (C=N–C) groups is 3. The predicted molar refractivity (Wildman–Crippen MR) is 78.1 cm³/mol. The topological polar surface area (TPSA) is 236 Å². The van der Waals surface area contributed by atoms with E-state index in [0.29, 0.717) is 0 Å². The van der Waals surface area contributed by atoms with Crippen molar-refractivity contribution >= 4 is 47.0 Å². The first-order valence-corrected chi connectivity index (χ1v) is 5.49. The molecule has 1 rings (SSSR count). The molecule has 0 bridgehead atoms. The summed E-state index contributed by atoms with van der Waals surface area (Å²) in [7, 11) is 0. The van der Waals surface area contributed by atoms with E-state index in [2.05, 4.69) is 24.9 Å². The van der Waals surface area contributed by atoms with Gasteiger partial charge in [-0.1, -0.05) is 11.6 Å². The average molecular weight is 314 g/mol. The molecule has 1 aromatic rings. The highest BCUT2D eigenvalue weighted by atomic mass is 35.5. The van der Waals surface area contributed by atoms with Crippen LogP contribution in [-0.2, 0) is 0 Å². The minimum absolute atomic E-state index is 0.182.